The molecule has 1 atom stereocenters. The van der Waals surface area contributed by atoms with Gasteiger partial charge in [-0.05, 0) is 70.2 Å². The van der Waals surface area contributed by atoms with Crippen LogP contribution in [0.5, 0.6) is 5.75 Å². The van der Waals surface area contributed by atoms with Crippen LogP contribution in [0.3, 0.4) is 0 Å². The smallest absolute Gasteiger partial charge is 0.412 e. The third-order valence-corrected chi connectivity index (χ3v) is 3.62. The van der Waals surface area contributed by atoms with Gasteiger partial charge in [0, 0.05) is 10.7 Å². The van der Waals surface area contributed by atoms with Crippen molar-refractivity contribution >= 4 is 35.0 Å². The molecule has 0 aliphatic heterocycles. The number of carbonyl (C=O) groups excluding carboxylic acids is 2. The molecule has 0 saturated heterocycles. The van der Waals surface area contributed by atoms with Crippen LogP contribution in [0, 0.1) is 5.82 Å². The van der Waals surface area contributed by atoms with Crippen LogP contribution in [0.2, 0.25) is 5.02 Å². The first kappa shape index (κ1) is 21.5. The molecule has 0 aromatic heterocycles. The highest BCUT2D eigenvalue weighted by Gasteiger charge is 2.19. The number of anilines is 2. The first-order valence-corrected chi connectivity index (χ1v) is 8.94. The number of benzene rings is 2. The van der Waals surface area contributed by atoms with E-state index in [0.717, 1.165) is 6.07 Å². The normalized spacial score (nSPS) is 12.1. The summed E-state index contributed by atoms with van der Waals surface area (Å²) in [5.41, 5.74) is -0.539. The molecule has 0 heterocycles. The fourth-order valence-corrected chi connectivity index (χ4v) is 2.25. The summed E-state index contributed by atoms with van der Waals surface area (Å²) in [6.07, 6.45) is -1.61. The van der Waals surface area contributed by atoms with E-state index >= 15 is 0 Å². The first-order valence-electron chi connectivity index (χ1n) is 8.56. The van der Waals surface area contributed by atoms with Crippen LogP contribution >= 0.6 is 11.6 Å². The maximum Gasteiger partial charge on any atom is 0.412 e. The third kappa shape index (κ3) is 6.74. The lowest BCUT2D eigenvalue weighted by molar-refractivity contribution is -0.122. The molecule has 2 N–H and O–H groups in total. The highest BCUT2D eigenvalue weighted by Crippen LogP contribution is 2.22. The molecule has 0 bridgehead atoms. The molecule has 0 saturated carbocycles. The topological polar surface area (TPSA) is 76.7 Å². The number of ether oxygens (including phenoxy) is 2. The van der Waals surface area contributed by atoms with Crippen LogP contribution in [0.25, 0.3) is 0 Å². The van der Waals surface area contributed by atoms with Crippen molar-refractivity contribution in [3.8, 4) is 5.75 Å². The lowest BCUT2D eigenvalue weighted by Gasteiger charge is -2.20. The van der Waals surface area contributed by atoms with Gasteiger partial charge in [-0.1, -0.05) is 11.6 Å². The van der Waals surface area contributed by atoms with Gasteiger partial charge in [-0.15, -0.1) is 0 Å². The molecule has 8 heteroatoms. The van der Waals surface area contributed by atoms with E-state index in [1.54, 1.807) is 52.0 Å². The molecule has 2 aromatic rings. The molecule has 0 spiro atoms. The van der Waals surface area contributed by atoms with Gasteiger partial charge >= 0.3 is 6.09 Å². The molecule has 1 unspecified atom stereocenters. The van der Waals surface area contributed by atoms with Gasteiger partial charge in [-0.3, -0.25) is 10.1 Å². The van der Waals surface area contributed by atoms with Gasteiger partial charge in [0.15, 0.2) is 6.10 Å². The quantitative estimate of drug-likeness (QED) is 0.710. The Morgan fingerprint density at radius 3 is 2.32 bits per heavy atom. The summed E-state index contributed by atoms with van der Waals surface area (Å²) >= 11 is 5.81. The van der Waals surface area contributed by atoms with E-state index < -0.39 is 29.5 Å². The predicted octanol–water partition coefficient (Wildman–Crippen LogP) is 5.23. The molecule has 28 heavy (non-hydrogen) atoms. The zero-order chi connectivity index (χ0) is 20.9. The van der Waals surface area contributed by atoms with E-state index in [-0.39, 0.29) is 5.69 Å². The lowest BCUT2D eigenvalue weighted by atomic mass is 10.2. The van der Waals surface area contributed by atoms with Gasteiger partial charge in [-0.25, -0.2) is 9.18 Å². The summed E-state index contributed by atoms with van der Waals surface area (Å²) in [5, 5.41) is 5.49. The van der Waals surface area contributed by atoms with Crippen LogP contribution in [-0.2, 0) is 9.53 Å². The standard InChI is InChI=1S/C20H22ClFN2O4/c1-12(27-15-8-5-13(21)6-9-15)18(25)23-14-7-10-16(22)17(11-14)24-19(26)28-20(2,3)4/h5-12H,1-4H3,(H,23,25)(H,24,26). The SMILES string of the molecule is CC(Oc1ccc(Cl)cc1)C(=O)Nc1ccc(F)c(NC(=O)OC(C)(C)C)c1. The molecular weight excluding hydrogens is 387 g/mol. The Morgan fingerprint density at radius 1 is 1.07 bits per heavy atom. The van der Waals surface area contributed by atoms with Crippen molar-refractivity contribution in [2.45, 2.75) is 39.4 Å². The molecule has 6 nitrogen and oxygen atoms in total. The van der Waals surface area contributed by atoms with Crippen molar-refractivity contribution in [1.29, 1.82) is 0 Å². The summed E-state index contributed by atoms with van der Waals surface area (Å²) in [6.45, 7) is 6.66. The van der Waals surface area contributed by atoms with Gasteiger partial charge < -0.3 is 14.8 Å². The second-order valence-electron chi connectivity index (χ2n) is 7.02. The van der Waals surface area contributed by atoms with Crippen molar-refractivity contribution in [3.63, 3.8) is 0 Å². The molecule has 2 aromatic carbocycles. The van der Waals surface area contributed by atoms with Crippen LogP contribution in [0.1, 0.15) is 27.7 Å². The van der Waals surface area contributed by atoms with Crippen molar-refractivity contribution in [1.82, 2.24) is 0 Å². The number of rotatable bonds is 5. The molecular formula is C20H22ClFN2O4. The fraction of sp³-hybridized carbons (Fsp3) is 0.300. The second kappa shape index (κ2) is 8.93. The third-order valence-electron chi connectivity index (χ3n) is 3.37. The van der Waals surface area contributed by atoms with Gasteiger partial charge in [0.2, 0.25) is 0 Å². The van der Waals surface area contributed by atoms with Gasteiger partial charge in [0.25, 0.3) is 5.91 Å². The van der Waals surface area contributed by atoms with Gasteiger partial charge in [-0.2, -0.15) is 0 Å². The highest BCUT2D eigenvalue weighted by atomic mass is 35.5. The monoisotopic (exact) mass is 408 g/mol. The van der Waals surface area contributed by atoms with Crippen molar-refractivity contribution in [2.24, 2.45) is 0 Å². The van der Waals surface area contributed by atoms with E-state index in [1.165, 1.54) is 12.1 Å². The number of halogens is 2. The number of hydrogen-bond donors (Lipinski definition) is 2. The Morgan fingerprint density at radius 2 is 1.71 bits per heavy atom. The zero-order valence-corrected chi connectivity index (χ0v) is 16.8. The minimum atomic E-state index is -0.812. The Labute approximate surface area is 168 Å². The summed E-state index contributed by atoms with van der Waals surface area (Å²) in [5.74, 6) is -0.613. The zero-order valence-electron chi connectivity index (χ0n) is 16.0. The van der Waals surface area contributed by atoms with E-state index in [0.29, 0.717) is 16.5 Å². The number of hydrogen-bond acceptors (Lipinski definition) is 4. The van der Waals surface area contributed by atoms with Gasteiger partial charge in [0.1, 0.15) is 17.2 Å². The number of carbonyl (C=O) groups is 2. The maximum atomic E-state index is 14.0. The molecule has 0 fully saturated rings. The Bertz CT molecular complexity index is 850. The second-order valence-corrected chi connectivity index (χ2v) is 7.46. The number of nitrogens with one attached hydrogen (secondary N) is 2. The highest BCUT2D eigenvalue weighted by molar-refractivity contribution is 6.30. The average Bonchev–Trinajstić information content (AvgIpc) is 2.58. The van der Waals surface area contributed by atoms with Crippen LogP contribution in [0.4, 0.5) is 20.6 Å². The summed E-state index contributed by atoms with van der Waals surface area (Å²) in [7, 11) is 0. The van der Waals surface area contributed by atoms with E-state index in [4.69, 9.17) is 21.1 Å². The van der Waals surface area contributed by atoms with E-state index in [9.17, 15) is 14.0 Å². The predicted molar refractivity (Wildman–Crippen MR) is 106 cm³/mol. The van der Waals surface area contributed by atoms with E-state index in [1.807, 2.05) is 0 Å². The van der Waals surface area contributed by atoms with Gasteiger partial charge in [0.05, 0.1) is 5.69 Å². The summed E-state index contributed by atoms with van der Waals surface area (Å²) in [6, 6.07) is 10.4. The minimum absolute atomic E-state index is 0.113. The Hall–Kier alpha value is -2.80. The summed E-state index contributed by atoms with van der Waals surface area (Å²) < 4.78 is 24.6. The Balaban J connectivity index is 2.02. The van der Waals surface area contributed by atoms with Crippen LogP contribution in [0.15, 0.2) is 42.5 Å². The molecule has 2 amide bonds. The largest absolute Gasteiger partial charge is 0.481 e. The molecule has 0 aliphatic rings. The molecule has 150 valence electrons. The lowest BCUT2D eigenvalue weighted by Crippen LogP contribution is -2.30. The minimum Gasteiger partial charge on any atom is -0.481 e. The summed E-state index contributed by atoms with van der Waals surface area (Å²) in [4.78, 5) is 24.2. The van der Waals surface area contributed by atoms with Crippen molar-refractivity contribution in [2.75, 3.05) is 10.6 Å². The molecule has 2 rings (SSSR count). The first-order chi connectivity index (χ1) is 13.0. The van der Waals surface area contributed by atoms with Crippen LogP contribution < -0.4 is 15.4 Å². The van der Waals surface area contributed by atoms with E-state index in [2.05, 4.69) is 10.6 Å². The fourth-order valence-electron chi connectivity index (χ4n) is 2.13. The Kier molecular flexibility index (Phi) is 6.85. The molecule has 0 radical (unpaired) electrons. The van der Waals surface area contributed by atoms with Crippen LogP contribution in [-0.4, -0.2) is 23.7 Å². The maximum absolute atomic E-state index is 14.0. The van der Waals surface area contributed by atoms with Crippen molar-refractivity contribution in [3.05, 3.63) is 53.3 Å². The number of amides is 2. The average molecular weight is 409 g/mol. The molecule has 0 aliphatic carbocycles. The van der Waals surface area contributed by atoms with Crippen molar-refractivity contribution < 1.29 is 23.5 Å².